The van der Waals surface area contributed by atoms with Crippen molar-refractivity contribution in [3.8, 4) is 11.3 Å². The van der Waals surface area contributed by atoms with Crippen molar-refractivity contribution in [1.29, 1.82) is 0 Å². The van der Waals surface area contributed by atoms with Crippen LogP contribution in [-0.4, -0.2) is 15.7 Å². The van der Waals surface area contributed by atoms with Gasteiger partial charge >= 0.3 is 0 Å². The van der Waals surface area contributed by atoms with Crippen LogP contribution in [0.15, 0.2) is 48.7 Å². The third-order valence-corrected chi connectivity index (χ3v) is 4.17. The Morgan fingerprint density at radius 2 is 1.92 bits per heavy atom. The van der Waals surface area contributed by atoms with Crippen LogP contribution >= 0.6 is 11.6 Å². The molecule has 3 rings (SSSR count). The number of carbonyl (C=O) groups is 1. The van der Waals surface area contributed by atoms with Crippen molar-refractivity contribution in [3.63, 3.8) is 0 Å². The molecule has 122 valence electrons. The molecule has 1 heterocycles. The maximum absolute atomic E-state index is 12.8. The highest BCUT2D eigenvalue weighted by molar-refractivity contribution is 6.33. The van der Waals surface area contributed by atoms with E-state index in [1.54, 1.807) is 24.0 Å². The van der Waals surface area contributed by atoms with E-state index in [1.165, 1.54) is 0 Å². The minimum atomic E-state index is -0.202. The lowest BCUT2D eigenvalue weighted by Gasteiger charge is -2.10. The van der Waals surface area contributed by atoms with Crippen molar-refractivity contribution in [1.82, 2.24) is 9.78 Å². The fourth-order valence-electron chi connectivity index (χ4n) is 2.57. The van der Waals surface area contributed by atoms with Gasteiger partial charge in [-0.15, -0.1) is 0 Å². The number of halogens is 1. The van der Waals surface area contributed by atoms with Crippen LogP contribution in [0.5, 0.6) is 0 Å². The molecule has 3 aromatic rings. The fraction of sp³-hybridized carbons (Fsp3) is 0.158. The summed E-state index contributed by atoms with van der Waals surface area (Å²) in [7, 11) is 1.79. The van der Waals surface area contributed by atoms with E-state index in [9.17, 15) is 4.79 Å². The van der Waals surface area contributed by atoms with Crippen LogP contribution in [0.2, 0.25) is 5.02 Å². The highest BCUT2D eigenvalue weighted by atomic mass is 35.5. The van der Waals surface area contributed by atoms with Crippen LogP contribution in [0.3, 0.4) is 0 Å². The smallest absolute Gasteiger partial charge is 0.259 e. The molecule has 4 nitrogen and oxygen atoms in total. The van der Waals surface area contributed by atoms with E-state index in [4.69, 9.17) is 11.6 Å². The lowest BCUT2D eigenvalue weighted by molar-refractivity contribution is 0.102. The zero-order chi connectivity index (χ0) is 17.3. The van der Waals surface area contributed by atoms with E-state index in [0.29, 0.717) is 16.3 Å². The van der Waals surface area contributed by atoms with Gasteiger partial charge < -0.3 is 5.32 Å². The summed E-state index contributed by atoms with van der Waals surface area (Å²) in [4.78, 5) is 12.8. The van der Waals surface area contributed by atoms with Gasteiger partial charge in [0.25, 0.3) is 5.91 Å². The van der Waals surface area contributed by atoms with E-state index >= 15 is 0 Å². The maximum atomic E-state index is 12.8. The lowest BCUT2D eigenvalue weighted by atomic mass is 10.1. The van der Waals surface area contributed by atoms with Gasteiger partial charge in [0.2, 0.25) is 0 Å². The first-order valence-electron chi connectivity index (χ1n) is 7.63. The van der Waals surface area contributed by atoms with Crippen LogP contribution in [0.4, 0.5) is 5.69 Å². The first-order chi connectivity index (χ1) is 11.5. The number of aromatic nitrogens is 2. The highest BCUT2D eigenvalue weighted by Crippen LogP contribution is 2.29. The molecule has 0 aliphatic carbocycles. The van der Waals surface area contributed by atoms with Gasteiger partial charge in [-0.25, -0.2) is 0 Å². The molecular formula is C19H18ClN3O. The normalized spacial score (nSPS) is 10.7. The molecule has 0 radical (unpaired) electrons. The van der Waals surface area contributed by atoms with Gasteiger partial charge in [-0.05, 0) is 37.1 Å². The molecule has 0 bridgehead atoms. The average Bonchev–Trinajstić information content (AvgIpc) is 2.93. The summed E-state index contributed by atoms with van der Waals surface area (Å²) >= 11 is 6.27. The topological polar surface area (TPSA) is 46.9 Å². The predicted molar refractivity (Wildman–Crippen MR) is 97.5 cm³/mol. The van der Waals surface area contributed by atoms with Crippen LogP contribution in [0, 0.1) is 13.8 Å². The molecule has 5 heteroatoms. The quantitative estimate of drug-likeness (QED) is 0.757. The molecule has 0 fully saturated rings. The van der Waals surface area contributed by atoms with E-state index < -0.39 is 0 Å². The number of carbonyl (C=O) groups excluding carboxylic acids is 1. The van der Waals surface area contributed by atoms with Gasteiger partial charge in [0.05, 0.1) is 10.6 Å². The number of hydrogen-bond donors (Lipinski definition) is 1. The molecule has 0 unspecified atom stereocenters. The molecule has 1 aromatic heterocycles. The molecule has 0 spiro atoms. The van der Waals surface area contributed by atoms with Gasteiger partial charge in [0, 0.05) is 24.5 Å². The number of hydrogen-bond acceptors (Lipinski definition) is 2. The number of aryl methyl sites for hydroxylation is 3. The number of nitrogens with zero attached hydrogens (tertiary/aromatic N) is 2. The lowest BCUT2D eigenvalue weighted by Crippen LogP contribution is -2.13. The van der Waals surface area contributed by atoms with Crippen molar-refractivity contribution in [2.45, 2.75) is 13.8 Å². The summed E-state index contributed by atoms with van der Waals surface area (Å²) in [6.45, 7) is 3.96. The van der Waals surface area contributed by atoms with Crippen molar-refractivity contribution >= 4 is 23.2 Å². The van der Waals surface area contributed by atoms with Crippen molar-refractivity contribution in [2.24, 2.45) is 7.05 Å². The monoisotopic (exact) mass is 339 g/mol. The molecule has 0 aliphatic rings. The molecule has 24 heavy (non-hydrogen) atoms. The van der Waals surface area contributed by atoms with Gasteiger partial charge in [0.1, 0.15) is 5.69 Å². The van der Waals surface area contributed by atoms with E-state index in [2.05, 4.69) is 10.4 Å². The molecule has 0 atom stereocenters. The van der Waals surface area contributed by atoms with Crippen molar-refractivity contribution in [2.75, 3.05) is 5.32 Å². The summed E-state index contributed by atoms with van der Waals surface area (Å²) in [5.41, 5.74) is 4.71. The average molecular weight is 340 g/mol. The van der Waals surface area contributed by atoms with Gasteiger partial charge in [-0.1, -0.05) is 41.9 Å². The Morgan fingerprint density at radius 1 is 1.17 bits per heavy atom. The fourth-order valence-corrected chi connectivity index (χ4v) is 2.79. The molecular weight excluding hydrogens is 322 g/mol. The highest BCUT2D eigenvalue weighted by Gasteiger charge is 2.19. The van der Waals surface area contributed by atoms with E-state index in [0.717, 1.165) is 22.4 Å². The van der Waals surface area contributed by atoms with Gasteiger partial charge in [-0.2, -0.15) is 5.10 Å². The second-order valence-corrected chi connectivity index (χ2v) is 6.22. The standard InChI is InChI=1S/C19H18ClN3O/c1-12-8-9-13(2)17(10-12)21-19(24)15-11-23(3)22-18(15)14-6-4-5-7-16(14)20/h4-11H,1-3H3,(H,21,24). The maximum Gasteiger partial charge on any atom is 0.259 e. The summed E-state index contributed by atoms with van der Waals surface area (Å²) in [5.74, 6) is -0.202. The second-order valence-electron chi connectivity index (χ2n) is 5.82. The van der Waals surface area contributed by atoms with E-state index in [1.807, 2.05) is 50.2 Å². The Morgan fingerprint density at radius 3 is 2.67 bits per heavy atom. The summed E-state index contributed by atoms with van der Waals surface area (Å²) < 4.78 is 1.62. The molecule has 0 saturated carbocycles. The van der Waals surface area contributed by atoms with Gasteiger partial charge in [0.15, 0.2) is 0 Å². The molecule has 0 saturated heterocycles. The minimum absolute atomic E-state index is 0.202. The number of nitrogens with one attached hydrogen (secondary N) is 1. The largest absolute Gasteiger partial charge is 0.322 e. The Bertz CT molecular complexity index is 915. The molecule has 1 N–H and O–H groups in total. The number of anilines is 1. The minimum Gasteiger partial charge on any atom is -0.322 e. The van der Waals surface area contributed by atoms with Crippen LogP contribution in [0.1, 0.15) is 21.5 Å². The van der Waals surface area contributed by atoms with Crippen LogP contribution in [-0.2, 0) is 7.05 Å². The van der Waals surface area contributed by atoms with Gasteiger partial charge in [-0.3, -0.25) is 9.48 Å². The van der Waals surface area contributed by atoms with Crippen molar-refractivity contribution in [3.05, 3.63) is 70.4 Å². The Balaban J connectivity index is 1.99. The molecule has 2 aromatic carbocycles. The number of amides is 1. The number of rotatable bonds is 3. The Labute approximate surface area is 146 Å². The van der Waals surface area contributed by atoms with E-state index in [-0.39, 0.29) is 5.91 Å². The van der Waals surface area contributed by atoms with Crippen LogP contribution < -0.4 is 5.32 Å². The first kappa shape index (κ1) is 16.3. The third kappa shape index (κ3) is 3.19. The Kier molecular flexibility index (Phi) is 4.40. The third-order valence-electron chi connectivity index (χ3n) is 3.84. The molecule has 0 aliphatic heterocycles. The SMILES string of the molecule is Cc1ccc(C)c(NC(=O)c2cn(C)nc2-c2ccccc2Cl)c1. The predicted octanol–water partition coefficient (Wildman–Crippen LogP) is 4.61. The Hall–Kier alpha value is -2.59. The zero-order valence-electron chi connectivity index (χ0n) is 13.8. The number of benzene rings is 2. The summed E-state index contributed by atoms with van der Waals surface area (Å²) in [5, 5.41) is 7.96. The van der Waals surface area contributed by atoms with Crippen LogP contribution in [0.25, 0.3) is 11.3 Å². The second kappa shape index (κ2) is 6.49. The zero-order valence-corrected chi connectivity index (χ0v) is 14.6. The van der Waals surface area contributed by atoms with Crippen molar-refractivity contribution < 1.29 is 4.79 Å². The summed E-state index contributed by atoms with van der Waals surface area (Å²) in [6, 6.07) is 13.3. The molecule has 1 amide bonds. The first-order valence-corrected chi connectivity index (χ1v) is 8.00. The summed E-state index contributed by atoms with van der Waals surface area (Å²) in [6.07, 6.45) is 1.71.